The molecular formula is C12H19ClN2S. The van der Waals surface area contributed by atoms with Crippen LogP contribution in [-0.4, -0.2) is 29.5 Å². The summed E-state index contributed by atoms with van der Waals surface area (Å²) in [6.07, 6.45) is 3.82. The first-order valence-corrected chi connectivity index (χ1v) is 7.41. The third-order valence-electron chi connectivity index (χ3n) is 3.12. The van der Waals surface area contributed by atoms with E-state index in [4.69, 9.17) is 11.6 Å². The maximum absolute atomic E-state index is 5.74. The lowest BCUT2D eigenvalue weighted by atomic mass is 10.0. The summed E-state index contributed by atoms with van der Waals surface area (Å²) >= 11 is 7.48. The van der Waals surface area contributed by atoms with Gasteiger partial charge >= 0.3 is 0 Å². The van der Waals surface area contributed by atoms with Gasteiger partial charge in [-0.05, 0) is 25.3 Å². The van der Waals surface area contributed by atoms with Gasteiger partial charge in [0.2, 0.25) is 0 Å². The molecule has 0 aromatic carbocycles. The lowest BCUT2D eigenvalue weighted by Gasteiger charge is -2.30. The molecule has 1 saturated heterocycles. The number of hydrogen-bond acceptors (Lipinski definition) is 3. The number of aromatic nitrogens is 1. The molecule has 90 valence electrons. The van der Waals surface area contributed by atoms with E-state index >= 15 is 0 Å². The summed E-state index contributed by atoms with van der Waals surface area (Å²) in [6.45, 7) is 6.02. The molecule has 0 radical (unpaired) electrons. The molecule has 1 atom stereocenters. The molecule has 1 aliphatic heterocycles. The second kappa shape index (κ2) is 5.99. The topological polar surface area (TPSA) is 16.1 Å². The Hall–Kier alpha value is -0.120. The van der Waals surface area contributed by atoms with E-state index in [9.17, 15) is 0 Å². The van der Waals surface area contributed by atoms with Crippen LogP contribution in [0.4, 0.5) is 0 Å². The Morgan fingerprint density at radius 2 is 2.50 bits per heavy atom. The summed E-state index contributed by atoms with van der Waals surface area (Å²) < 4.78 is 0. The number of thiazole rings is 1. The second-order valence-electron chi connectivity index (χ2n) is 4.66. The predicted molar refractivity (Wildman–Crippen MR) is 70.2 cm³/mol. The Morgan fingerprint density at radius 3 is 3.19 bits per heavy atom. The van der Waals surface area contributed by atoms with Crippen molar-refractivity contribution >= 4 is 22.9 Å². The van der Waals surface area contributed by atoms with Crippen molar-refractivity contribution in [1.29, 1.82) is 0 Å². The van der Waals surface area contributed by atoms with Gasteiger partial charge in [0.05, 0.1) is 16.6 Å². The molecule has 0 spiro atoms. The third kappa shape index (κ3) is 3.44. The van der Waals surface area contributed by atoms with Crippen molar-refractivity contribution < 1.29 is 0 Å². The lowest BCUT2D eigenvalue weighted by Crippen LogP contribution is -2.35. The maximum atomic E-state index is 5.74. The van der Waals surface area contributed by atoms with Crippen molar-refractivity contribution in [3.05, 3.63) is 16.1 Å². The maximum Gasteiger partial charge on any atom is 0.0941 e. The van der Waals surface area contributed by atoms with Crippen molar-refractivity contribution in [1.82, 2.24) is 9.88 Å². The number of piperidine rings is 1. The van der Waals surface area contributed by atoms with Crippen LogP contribution in [0.2, 0.25) is 0 Å². The fraction of sp³-hybridized carbons (Fsp3) is 0.750. The molecular weight excluding hydrogens is 240 g/mol. The molecule has 16 heavy (non-hydrogen) atoms. The van der Waals surface area contributed by atoms with Crippen LogP contribution in [0.3, 0.4) is 0 Å². The molecule has 1 aliphatic rings. The van der Waals surface area contributed by atoms with Crippen molar-refractivity contribution in [2.75, 3.05) is 19.6 Å². The van der Waals surface area contributed by atoms with Gasteiger partial charge in [0, 0.05) is 24.9 Å². The zero-order valence-corrected chi connectivity index (χ0v) is 11.4. The van der Waals surface area contributed by atoms with E-state index in [1.807, 2.05) is 0 Å². The highest BCUT2D eigenvalue weighted by Gasteiger charge is 2.16. The molecule has 4 heteroatoms. The second-order valence-corrected chi connectivity index (χ2v) is 5.87. The summed E-state index contributed by atoms with van der Waals surface area (Å²) in [4.78, 5) is 7.06. The number of likely N-dealkylation sites (tertiary alicyclic amines) is 1. The number of halogens is 1. The molecule has 2 rings (SSSR count). The van der Waals surface area contributed by atoms with Crippen LogP contribution < -0.4 is 0 Å². The zero-order valence-electron chi connectivity index (χ0n) is 9.79. The van der Waals surface area contributed by atoms with Gasteiger partial charge in [-0.15, -0.1) is 22.9 Å². The van der Waals surface area contributed by atoms with Gasteiger partial charge in [0.25, 0.3) is 0 Å². The van der Waals surface area contributed by atoms with E-state index in [0.29, 0.717) is 5.88 Å². The van der Waals surface area contributed by atoms with Crippen LogP contribution in [0.1, 0.15) is 30.5 Å². The molecule has 1 fully saturated rings. The molecule has 0 aliphatic carbocycles. The fourth-order valence-electron chi connectivity index (χ4n) is 2.27. The van der Waals surface area contributed by atoms with Gasteiger partial charge in [0.1, 0.15) is 0 Å². The number of hydrogen-bond donors (Lipinski definition) is 0. The van der Waals surface area contributed by atoms with E-state index in [1.165, 1.54) is 30.9 Å². The smallest absolute Gasteiger partial charge is 0.0941 e. The van der Waals surface area contributed by atoms with Gasteiger partial charge in [-0.2, -0.15) is 0 Å². The van der Waals surface area contributed by atoms with Gasteiger partial charge in [0.15, 0.2) is 0 Å². The van der Waals surface area contributed by atoms with Gasteiger partial charge in [-0.3, -0.25) is 0 Å². The molecule has 2 nitrogen and oxygen atoms in total. The van der Waals surface area contributed by atoms with Gasteiger partial charge in [-0.25, -0.2) is 4.98 Å². The summed E-state index contributed by atoms with van der Waals surface area (Å²) in [5, 5.41) is 3.30. The van der Waals surface area contributed by atoms with E-state index < -0.39 is 0 Å². The first kappa shape index (κ1) is 12.3. The molecule has 1 aromatic rings. The summed E-state index contributed by atoms with van der Waals surface area (Å²) in [5.74, 6) is 1.40. The fourth-order valence-corrected chi connectivity index (χ4v) is 3.28. The normalized spacial score (nSPS) is 22.5. The number of nitrogens with zero attached hydrogens (tertiary/aromatic N) is 2. The van der Waals surface area contributed by atoms with E-state index in [-0.39, 0.29) is 0 Å². The summed E-state index contributed by atoms with van der Waals surface area (Å²) in [6, 6.07) is 0. The molecule has 1 aromatic heterocycles. The SMILES string of the molecule is CC1CCCN(CCc2nc(CCl)cs2)C1. The third-order valence-corrected chi connectivity index (χ3v) is 4.35. The van der Waals surface area contributed by atoms with Crippen LogP contribution in [0.5, 0.6) is 0 Å². The Kier molecular flexibility index (Phi) is 4.62. The highest BCUT2D eigenvalue weighted by molar-refractivity contribution is 7.09. The average Bonchev–Trinajstić information content (AvgIpc) is 2.74. The molecule has 0 N–H and O–H groups in total. The first-order chi connectivity index (χ1) is 7.78. The average molecular weight is 259 g/mol. The van der Waals surface area contributed by atoms with Crippen LogP contribution in [0.15, 0.2) is 5.38 Å². The van der Waals surface area contributed by atoms with Crippen LogP contribution in [-0.2, 0) is 12.3 Å². The number of rotatable bonds is 4. The molecule has 2 heterocycles. The van der Waals surface area contributed by atoms with Gasteiger partial charge in [-0.1, -0.05) is 6.92 Å². The number of alkyl halides is 1. The predicted octanol–water partition coefficient (Wildman–Crippen LogP) is 3.16. The molecule has 0 bridgehead atoms. The Labute approximate surface area is 107 Å². The van der Waals surface area contributed by atoms with E-state index in [1.54, 1.807) is 11.3 Å². The largest absolute Gasteiger partial charge is 0.303 e. The van der Waals surface area contributed by atoms with Crippen molar-refractivity contribution in [2.24, 2.45) is 5.92 Å². The molecule has 0 amide bonds. The monoisotopic (exact) mass is 258 g/mol. The lowest BCUT2D eigenvalue weighted by molar-refractivity contribution is 0.186. The van der Waals surface area contributed by atoms with Crippen molar-refractivity contribution in [3.63, 3.8) is 0 Å². The first-order valence-electron chi connectivity index (χ1n) is 5.99. The molecule has 0 saturated carbocycles. The highest BCUT2D eigenvalue weighted by atomic mass is 35.5. The molecule has 1 unspecified atom stereocenters. The van der Waals surface area contributed by atoms with Crippen LogP contribution >= 0.6 is 22.9 Å². The summed E-state index contributed by atoms with van der Waals surface area (Å²) in [5.41, 5.74) is 1.02. The van der Waals surface area contributed by atoms with Crippen LogP contribution in [0, 0.1) is 5.92 Å². The zero-order chi connectivity index (χ0) is 11.4. The van der Waals surface area contributed by atoms with E-state index in [2.05, 4.69) is 22.2 Å². The minimum Gasteiger partial charge on any atom is -0.303 e. The minimum absolute atomic E-state index is 0.539. The van der Waals surface area contributed by atoms with Gasteiger partial charge < -0.3 is 4.90 Å². The van der Waals surface area contributed by atoms with Crippen LogP contribution in [0.25, 0.3) is 0 Å². The standard InChI is InChI=1S/C12H19ClN2S/c1-10-3-2-5-15(8-10)6-4-12-14-11(7-13)9-16-12/h9-10H,2-8H2,1H3. The van der Waals surface area contributed by atoms with Crippen molar-refractivity contribution in [3.8, 4) is 0 Å². The minimum atomic E-state index is 0.539. The van der Waals surface area contributed by atoms with E-state index in [0.717, 1.165) is 24.6 Å². The highest BCUT2D eigenvalue weighted by Crippen LogP contribution is 2.17. The quantitative estimate of drug-likeness (QED) is 0.772. The van der Waals surface area contributed by atoms with Crippen molar-refractivity contribution in [2.45, 2.75) is 32.1 Å². The Bertz CT molecular complexity index is 327. The Morgan fingerprint density at radius 1 is 1.62 bits per heavy atom. The summed E-state index contributed by atoms with van der Waals surface area (Å²) in [7, 11) is 0. The Balaban J connectivity index is 1.78.